The first-order valence-electron chi connectivity index (χ1n) is 5.30. The van der Waals surface area contributed by atoms with E-state index in [9.17, 15) is 9.70 Å². The normalized spacial score (nSPS) is 18.7. The number of nitrogens with zero attached hydrogens (tertiary/aromatic N) is 1. The molecule has 1 aliphatic rings. The third kappa shape index (κ3) is 1.83. The van der Waals surface area contributed by atoms with E-state index in [-0.39, 0.29) is 12.0 Å². The minimum absolute atomic E-state index is 0.312. The van der Waals surface area contributed by atoms with Crippen LogP contribution in [0, 0.1) is 4.91 Å². The molecule has 0 N–H and O–H groups in total. The topological polar surface area (TPSA) is 55.7 Å². The Morgan fingerprint density at radius 2 is 2.31 bits per heavy atom. The van der Waals surface area contributed by atoms with Crippen molar-refractivity contribution in [3.8, 4) is 0 Å². The Kier molecular flexibility index (Phi) is 2.99. The predicted octanol–water partition coefficient (Wildman–Crippen LogP) is 2.62. The van der Waals surface area contributed by atoms with Crippen LogP contribution in [0.3, 0.4) is 0 Å². The minimum atomic E-state index is -0.377. The van der Waals surface area contributed by atoms with Crippen LogP contribution in [0.15, 0.2) is 23.4 Å². The van der Waals surface area contributed by atoms with Gasteiger partial charge >= 0.3 is 5.97 Å². The molecule has 4 nitrogen and oxygen atoms in total. The zero-order valence-electron chi connectivity index (χ0n) is 9.10. The summed E-state index contributed by atoms with van der Waals surface area (Å²) in [6.45, 7) is 0. The number of carbonyl (C=O) groups is 1. The van der Waals surface area contributed by atoms with E-state index in [4.69, 9.17) is 0 Å². The van der Waals surface area contributed by atoms with Crippen molar-refractivity contribution in [2.45, 2.75) is 25.3 Å². The third-order valence-corrected chi connectivity index (χ3v) is 2.98. The van der Waals surface area contributed by atoms with Crippen molar-refractivity contribution in [2.24, 2.45) is 5.18 Å². The standard InChI is InChI=1S/C12H13NO3/c1-16-12(14)9-6-5-8-3-2-4-11(13-15)10(8)7-9/h5-7,11H,2-4H2,1H3. The third-order valence-electron chi connectivity index (χ3n) is 2.98. The van der Waals surface area contributed by atoms with Gasteiger partial charge in [-0.15, -0.1) is 0 Å². The van der Waals surface area contributed by atoms with Gasteiger partial charge < -0.3 is 4.74 Å². The van der Waals surface area contributed by atoms with Gasteiger partial charge in [-0.3, -0.25) is 0 Å². The monoisotopic (exact) mass is 219 g/mol. The molecule has 1 unspecified atom stereocenters. The second-order valence-electron chi connectivity index (χ2n) is 3.92. The van der Waals surface area contributed by atoms with E-state index in [1.54, 1.807) is 12.1 Å². The number of ether oxygens (including phenoxy) is 1. The second kappa shape index (κ2) is 4.43. The molecule has 16 heavy (non-hydrogen) atoms. The average molecular weight is 219 g/mol. The van der Waals surface area contributed by atoms with Crippen LogP contribution in [0.5, 0.6) is 0 Å². The van der Waals surface area contributed by atoms with Gasteiger partial charge in [-0.2, -0.15) is 4.91 Å². The average Bonchev–Trinajstić information content (AvgIpc) is 2.36. The van der Waals surface area contributed by atoms with E-state index in [2.05, 4.69) is 9.91 Å². The molecule has 84 valence electrons. The largest absolute Gasteiger partial charge is 0.465 e. The molecule has 0 saturated heterocycles. The van der Waals surface area contributed by atoms with Crippen LogP contribution in [0.25, 0.3) is 0 Å². The molecular formula is C12H13NO3. The Labute approximate surface area is 93.6 Å². The van der Waals surface area contributed by atoms with Crippen molar-refractivity contribution in [2.75, 3.05) is 7.11 Å². The molecule has 0 fully saturated rings. The molecule has 0 radical (unpaired) electrons. The fraction of sp³-hybridized carbons (Fsp3) is 0.417. The van der Waals surface area contributed by atoms with Crippen molar-refractivity contribution in [3.63, 3.8) is 0 Å². The number of rotatable bonds is 2. The van der Waals surface area contributed by atoms with Crippen LogP contribution >= 0.6 is 0 Å². The SMILES string of the molecule is COC(=O)c1ccc2c(c1)C(N=O)CCC2. The first-order chi connectivity index (χ1) is 7.76. The fourth-order valence-corrected chi connectivity index (χ4v) is 2.13. The number of nitroso groups, excluding NO2 is 1. The van der Waals surface area contributed by atoms with Crippen LogP contribution in [0.4, 0.5) is 0 Å². The van der Waals surface area contributed by atoms with Gasteiger partial charge in [0.2, 0.25) is 0 Å². The van der Waals surface area contributed by atoms with Crippen LogP contribution < -0.4 is 0 Å². The van der Waals surface area contributed by atoms with E-state index in [0.717, 1.165) is 30.4 Å². The minimum Gasteiger partial charge on any atom is -0.465 e. The lowest BCUT2D eigenvalue weighted by Gasteiger charge is -2.20. The van der Waals surface area contributed by atoms with Crippen molar-refractivity contribution < 1.29 is 9.53 Å². The lowest BCUT2D eigenvalue weighted by molar-refractivity contribution is 0.0600. The summed E-state index contributed by atoms with van der Waals surface area (Å²) >= 11 is 0. The first kappa shape index (κ1) is 10.8. The number of aryl methyl sites for hydroxylation is 1. The van der Waals surface area contributed by atoms with Gasteiger partial charge in [0.15, 0.2) is 0 Å². The van der Waals surface area contributed by atoms with Gasteiger partial charge in [-0.25, -0.2) is 4.79 Å². The molecule has 0 bridgehead atoms. The zero-order valence-corrected chi connectivity index (χ0v) is 9.10. The second-order valence-corrected chi connectivity index (χ2v) is 3.92. The molecule has 4 heteroatoms. The number of fused-ring (bicyclic) bond motifs is 1. The maximum atomic E-state index is 11.4. The number of carbonyl (C=O) groups excluding carboxylic acids is 1. The number of esters is 1. The molecule has 1 aliphatic carbocycles. The molecule has 2 rings (SSSR count). The van der Waals surface area contributed by atoms with Gasteiger partial charge in [0, 0.05) is 0 Å². The highest BCUT2D eigenvalue weighted by molar-refractivity contribution is 5.89. The van der Waals surface area contributed by atoms with Gasteiger partial charge in [-0.05, 0) is 42.5 Å². The number of methoxy groups -OCH3 is 1. The van der Waals surface area contributed by atoms with E-state index >= 15 is 0 Å². The van der Waals surface area contributed by atoms with Gasteiger partial charge in [0.05, 0.1) is 12.7 Å². The summed E-state index contributed by atoms with van der Waals surface area (Å²) in [6.07, 6.45) is 2.69. The van der Waals surface area contributed by atoms with Crippen molar-refractivity contribution in [1.82, 2.24) is 0 Å². The van der Waals surface area contributed by atoms with Crippen LogP contribution in [0.2, 0.25) is 0 Å². The van der Waals surface area contributed by atoms with Crippen LogP contribution in [-0.4, -0.2) is 13.1 Å². The molecular weight excluding hydrogens is 206 g/mol. The van der Waals surface area contributed by atoms with Crippen molar-refractivity contribution >= 4 is 5.97 Å². The van der Waals surface area contributed by atoms with Crippen molar-refractivity contribution in [3.05, 3.63) is 39.8 Å². The lowest BCUT2D eigenvalue weighted by Crippen LogP contribution is -2.10. The number of benzene rings is 1. The highest BCUT2D eigenvalue weighted by Gasteiger charge is 2.22. The summed E-state index contributed by atoms with van der Waals surface area (Å²) in [7, 11) is 1.34. The Bertz CT molecular complexity index is 428. The first-order valence-corrected chi connectivity index (χ1v) is 5.30. The molecule has 0 aliphatic heterocycles. The van der Waals surface area contributed by atoms with Crippen LogP contribution in [0.1, 0.15) is 40.4 Å². The number of hydrogen-bond donors (Lipinski definition) is 0. The summed E-state index contributed by atoms with van der Waals surface area (Å²) in [6, 6.07) is 5.04. The van der Waals surface area contributed by atoms with Crippen molar-refractivity contribution in [1.29, 1.82) is 0 Å². The Balaban J connectivity index is 2.42. The predicted molar refractivity (Wildman–Crippen MR) is 59.3 cm³/mol. The van der Waals surface area contributed by atoms with E-state index in [1.807, 2.05) is 6.07 Å². The maximum absolute atomic E-state index is 11.4. The lowest BCUT2D eigenvalue weighted by atomic mass is 9.87. The number of hydrogen-bond acceptors (Lipinski definition) is 4. The van der Waals surface area contributed by atoms with Crippen LogP contribution in [-0.2, 0) is 11.2 Å². The van der Waals surface area contributed by atoms with Gasteiger partial charge in [0.25, 0.3) is 0 Å². The molecule has 0 spiro atoms. The Morgan fingerprint density at radius 1 is 1.50 bits per heavy atom. The maximum Gasteiger partial charge on any atom is 0.337 e. The summed E-state index contributed by atoms with van der Waals surface area (Å²) in [5.41, 5.74) is 2.48. The Hall–Kier alpha value is -1.71. The molecule has 1 aromatic carbocycles. The van der Waals surface area contributed by atoms with E-state index in [1.165, 1.54) is 7.11 Å². The molecule has 0 saturated carbocycles. The quantitative estimate of drug-likeness (QED) is 0.567. The summed E-state index contributed by atoms with van der Waals surface area (Å²) in [5, 5.41) is 3.11. The van der Waals surface area contributed by atoms with Gasteiger partial charge in [0.1, 0.15) is 6.04 Å². The molecule has 0 amide bonds. The highest BCUT2D eigenvalue weighted by atomic mass is 16.5. The fourth-order valence-electron chi connectivity index (χ4n) is 2.13. The highest BCUT2D eigenvalue weighted by Crippen LogP contribution is 2.33. The molecule has 0 aromatic heterocycles. The molecule has 1 aromatic rings. The molecule has 0 heterocycles. The van der Waals surface area contributed by atoms with Gasteiger partial charge in [-0.1, -0.05) is 11.2 Å². The molecule has 1 atom stereocenters. The van der Waals surface area contributed by atoms with E-state index in [0.29, 0.717) is 5.56 Å². The summed E-state index contributed by atoms with van der Waals surface area (Å²) in [5.74, 6) is -0.377. The zero-order chi connectivity index (χ0) is 11.5. The smallest absolute Gasteiger partial charge is 0.337 e. The Morgan fingerprint density at radius 3 is 3.00 bits per heavy atom. The summed E-state index contributed by atoms with van der Waals surface area (Å²) in [4.78, 5) is 22.1. The van der Waals surface area contributed by atoms with E-state index < -0.39 is 0 Å². The summed E-state index contributed by atoms with van der Waals surface area (Å²) < 4.78 is 4.65.